The van der Waals surface area contributed by atoms with E-state index in [0.717, 1.165) is 0 Å². The van der Waals surface area contributed by atoms with E-state index in [1.807, 2.05) is 22.6 Å². The molecule has 16 heavy (non-hydrogen) atoms. The highest BCUT2D eigenvalue weighted by Gasteiger charge is 2.13. The Morgan fingerprint density at radius 3 is 2.25 bits per heavy atom. The molecule has 82 valence electrons. The standard InChI is InChI=1S/C9H3Cl3IN3/c10-4-2-1-3-14-6(4)9-15-7(11)5(13)8(12)16-9/h1-3H. The fourth-order valence-corrected chi connectivity index (χ4v) is 1.89. The zero-order chi connectivity index (χ0) is 11.7. The summed E-state index contributed by atoms with van der Waals surface area (Å²) in [5.74, 6) is 0.320. The second-order valence-electron chi connectivity index (χ2n) is 2.78. The van der Waals surface area contributed by atoms with Crippen molar-refractivity contribution in [2.45, 2.75) is 0 Å². The van der Waals surface area contributed by atoms with Gasteiger partial charge >= 0.3 is 0 Å². The normalized spacial score (nSPS) is 10.5. The van der Waals surface area contributed by atoms with Gasteiger partial charge in [0, 0.05) is 6.20 Å². The van der Waals surface area contributed by atoms with Gasteiger partial charge in [0.15, 0.2) is 5.82 Å². The first kappa shape index (κ1) is 12.3. The maximum Gasteiger partial charge on any atom is 0.182 e. The first-order valence-corrected chi connectivity index (χ1v) is 6.30. The zero-order valence-corrected chi connectivity index (χ0v) is 12.0. The van der Waals surface area contributed by atoms with Crippen molar-refractivity contribution in [3.05, 3.63) is 37.2 Å². The second kappa shape index (κ2) is 5.00. The lowest BCUT2D eigenvalue weighted by atomic mass is 10.3. The Hall–Kier alpha value is -0.170. The summed E-state index contributed by atoms with van der Waals surface area (Å²) in [5, 5.41) is 1.03. The lowest BCUT2D eigenvalue weighted by Crippen LogP contribution is -1.96. The molecule has 0 amide bonds. The van der Waals surface area contributed by atoms with Crippen molar-refractivity contribution in [2.24, 2.45) is 0 Å². The summed E-state index contributed by atoms with van der Waals surface area (Å²) in [6.07, 6.45) is 1.60. The van der Waals surface area contributed by atoms with E-state index >= 15 is 0 Å². The van der Waals surface area contributed by atoms with Crippen LogP contribution in [0.4, 0.5) is 0 Å². The summed E-state index contributed by atoms with van der Waals surface area (Å²) in [6.45, 7) is 0. The molecule has 0 N–H and O–H groups in total. The van der Waals surface area contributed by atoms with E-state index in [1.165, 1.54) is 0 Å². The summed E-state index contributed by atoms with van der Waals surface area (Å²) in [4.78, 5) is 12.2. The van der Waals surface area contributed by atoms with Crippen molar-refractivity contribution in [3.8, 4) is 11.5 Å². The lowest BCUT2D eigenvalue weighted by Gasteiger charge is -2.04. The average Bonchev–Trinajstić information content (AvgIpc) is 2.26. The van der Waals surface area contributed by atoms with E-state index < -0.39 is 0 Å². The smallest absolute Gasteiger partial charge is 0.182 e. The summed E-state index contributed by atoms with van der Waals surface area (Å²) in [5.41, 5.74) is 0.462. The highest BCUT2D eigenvalue weighted by atomic mass is 127. The summed E-state index contributed by atoms with van der Waals surface area (Å²) in [6, 6.07) is 3.43. The van der Waals surface area contributed by atoms with E-state index in [0.29, 0.717) is 20.1 Å². The van der Waals surface area contributed by atoms with E-state index in [9.17, 15) is 0 Å². The van der Waals surface area contributed by atoms with E-state index in [-0.39, 0.29) is 10.3 Å². The molecule has 0 fully saturated rings. The largest absolute Gasteiger partial charge is 0.251 e. The molecule has 0 aliphatic carbocycles. The van der Waals surface area contributed by atoms with Crippen LogP contribution in [0.1, 0.15) is 0 Å². The van der Waals surface area contributed by atoms with E-state index in [1.54, 1.807) is 18.3 Å². The van der Waals surface area contributed by atoms with Crippen LogP contribution in [0.3, 0.4) is 0 Å². The molecule has 0 spiro atoms. The minimum absolute atomic E-state index is 0.289. The number of nitrogens with zero attached hydrogens (tertiary/aromatic N) is 3. The van der Waals surface area contributed by atoms with Crippen LogP contribution in [0.15, 0.2) is 18.3 Å². The Morgan fingerprint density at radius 1 is 1.06 bits per heavy atom. The third-order valence-electron chi connectivity index (χ3n) is 1.74. The second-order valence-corrected chi connectivity index (χ2v) is 4.98. The maximum atomic E-state index is 5.97. The van der Waals surface area contributed by atoms with E-state index in [2.05, 4.69) is 15.0 Å². The molecular weight excluding hydrogens is 383 g/mol. The van der Waals surface area contributed by atoms with Crippen molar-refractivity contribution in [3.63, 3.8) is 0 Å². The minimum Gasteiger partial charge on any atom is -0.251 e. The van der Waals surface area contributed by atoms with Crippen molar-refractivity contribution in [1.29, 1.82) is 0 Å². The molecule has 0 unspecified atom stereocenters. The topological polar surface area (TPSA) is 38.7 Å². The van der Waals surface area contributed by atoms with Crippen LogP contribution in [0.5, 0.6) is 0 Å². The van der Waals surface area contributed by atoms with Crippen LogP contribution in [0.25, 0.3) is 11.5 Å². The van der Waals surface area contributed by atoms with Crippen molar-refractivity contribution in [1.82, 2.24) is 15.0 Å². The zero-order valence-electron chi connectivity index (χ0n) is 7.59. The van der Waals surface area contributed by atoms with Crippen molar-refractivity contribution >= 4 is 57.4 Å². The molecule has 0 aromatic carbocycles. The molecule has 2 heterocycles. The van der Waals surface area contributed by atoms with Crippen molar-refractivity contribution in [2.75, 3.05) is 0 Å². The van der Waals surface area contributed by atoms with Crippen LogP contribution in [-0.4, -0.2) is 15.0 Å². The lowest BCUT2D eigenvalue weighted by molar-refractivity contribution is 1.13. The molecule has 0 saturated carbocycles. The maximum absolute atomic E-state index is 5.97. The Bertz CT molecular complexity index is 524. The van der Waals surface area contributed by atoms with Crippen molar-refractivity contribution < 1.29 is 0 Å². The SMILES string of the molecule is Clc1cccnc1-c1nc(Cl)c(I)c(Cl)n1. The fraction of sp³-hybridized carbons (Fsp3) is 0. The summed E-state index contributed by atoms with van der Waals surface area (Å²) < 4.78 is 0.608. The number of hydrogen-bond acceptors (Lipinski definition) is 3. The molecule has 0 saturated heterocycles. The Labute approximate surface area is 120 Å². The van der Waals surface area contributed by atoms with Gasteiger partial charge in [-0.15, -0.1) is 0 Å². The highest BCUT2D eigenvalue weighted by molar-refractivity contribution is 14.1. The molecule has 0 atom stereocenters. The van der Waals surface area contributed by atoms with Gasteiger partial charge in [0.2, 0.25) is 0 Å². The fourth-order valence-electron chi connectivity index (χ4n) is 1.05. The van der Waals surface area contributed by atoms with Gasteiger partial charge in [0.1, 0.15) is 16.0 Å². The molecule has 2 aromatic rings. The third-order valence-corrected chi connectivity index (χ3v) is 4.25. The van der Waals surface area contributed by atoms with E-state index in [4.69, 9.17) is 34.8 Å². The monoisotopic (exact) mass is 385 g/mol. The molecule has 7 heteroatoms. The Morgan fingerprint density at radius 2 is 1.69 bits per heavy atom. The minimum atomic E-state index is 0.289. The number of pyridine rings is 1. The molecular formula is C9H3Cl3IN3. The number of aromatic nitrogens is 3. The molecule has 3 nitrogen and oxygen atoms in total. The van der Waals surface area contributed by atoms with Gasteiger partial charge in [-0.2, -0.15) is 0 Å². The molecule has 0 bridgehead atoms. The first-order chi connectivity index (χ1) is 7.59. The van der Waals surface area contributed by atoms with Gasteiger partial charge < -0.3 is 0 Å². The highest BCUT2D eigenvalue weighted by Crippen LogP contribution is 2.28. The molecule has 0 aliphatic rings. The third kappa shape index (κ3) is 2.40. The first-order valence-electron chi connectivity index (χ1n) is 4.09. The predicted octanol–water partition coefficient (Wildman–Crippen LogP) is 4.10. The van der Waals surface area contributed by atoms with Crippen LogP contribution in [0, 0.1) is 3.57 Å². The summed E-state index contributed by atoms with van der Waals surface area (Å²) >= 11 is 19.8. The van der Waals surface area contributed by atoms with Crippen LogP contribution in [0.2, 0.25) is 15.3 Å². The summed E-state index contributed by atoms with van der Waals surface area (Å²) in [7, 11) is 0. The molecule has 0 aliphatic heterocycles. The predicted molar refractivity (Wildman–Crippen MR) is 73.0 cm³/mol. The Balaban J connectivity index is 2.62. The van der Waals surface area contributed by atoms with Crippen LogP contribution >= 0.6 is 57.4 Å². The van der Waals surface area contributed by atoms with Gasteiger partial charge in [0.05, 0.1) is 8.59 Å². The van der Waals surface area contributed by atoms with Gasteiger partial charge in [-0.3, -0.25) is 4.98 Å². The quantitative estimate of drug-likeness (QED) is 0.547. The van der Waals surface area contributed by atoms with Gasteiger partial charge in [-0.25, -0.2) is 9.97 Å². The molecule has 2 aromatic heterocycles. The van der Waals surface area contributed by atoms with Gasteiger partial charge in [0.25, 0.3) is 0 Å². The number of hydrogen-bond donors (Lipinski definition) is 0. The van der Waals surface area contributed by atoms with Gasteiger partial charge in [-0.05, 0) is 34.7 Å². The molecule has 2 rings (SSSR count). The van der Waals surface area contributed by atoms with Gasteiger partial charge in [-0.1, -0.05) is 34.8 Å². The van der Waals surface area contributed by atoms with Crippen LogP contribution in [-0.2, 0) is 0 Å². The molecule has 0 radical (unpaired) electrons. The number of rotatable bonds is 1. The number of halogens is 4. The average molecular weight is 386 g/mol. The Kier molecular flexibility index (Phi) is 3.84. The van der Waals surface area contributed by atoms with Crippen LogP contribution < -0.4 is 0 Å².